The van der Waals surface area contributed by atoms with E-state index in [1.807, 2.05) is 6.92 Å². The summed E-state index contributed by atoms with van der Waals surface area (Å²) in [6, 6.07) is 0.425. The van der Waals surface area contributed by atoms with E-state index >= 15 is 0 Å². The van der Waals surface area contributed by atoms with Crippen molar-refractivity contribution in [3.8, 4) is 0 Å². The zero-order chi connectivity index (χ0) is 11.7. The van der Waals surface area contributed by atoms with Crippen LogP contribution in [0.3, 0.4) is 0 Å². The molecule has 3 heteroatoms. The van der Waals surface area contributed by atoms with Gasteiger partial charge in [0.05, 0.1) is 12.7 Å². The Morgan fingerprint density at radius 3 is 2.47 bits per heavy atom. The van der Waals surface area contributed by atoms with E-state index in [1.54, 1.807) is 7.11 Å². The van der Waals surface area contributed by atoms with Crippen LogP contribution >= 0.6 is 0 Å². The Hall–Kier alpha value is -0.120. The summed E-state index contributed by atoms with van der Waals surface area (Å²) in [5.74, 6) is 0.584. The highest BCUT2D eigenvalue weighted by Crippen LogP contribution is 2.04. The van der Waals surface area contributed by atoms with E-state index in [1.165, 1.54) is 0 Å². The van der Waals surface area contributed by atoms with Crippen molar-refractivity contribution in [1.29, 1.82) is 0 Å². The van der Waals surface area contributed by atoms with E-state index in [0.29, 0.717) is 12.0 Å². The van der Waals surface area contributed by atoms with Crippen molar-refractivity contribution in [3.05, 3.63) is 0 Å². The zero-order valence-electron chi connectivity index (χ0n) is 10.6. The summed E-state index contributed by atoms with van der Waals surface area (Å²) in [6.07, 6.45) is 2.64. The Morgan fingerprint density at radius 2 is 2.00 bits per heavy atom. The second kappa shape index (κ2) is 9.13. The van der Waals surface area contributed by atoms with Gasteiger partial charge in [-0.25, -0.2) is 0 Å². The van der Waals surface area contributed by atoms with Crippen LogP contribution in [0, 0.1) is 5.92 Å². The number of hydrogen-bond acceptors (Lipinski definition) is 3. The highest BCUT2D eigenvalue weighted by Gasteiger charge is 2.11. The van der Waals surface area contributed by atoms with Gasteiger partial charge in [-0.2, -0.15) is 0 Å². The molecular formula is C12H27NO2. The molecule has 2 N–H and O–H groups in total. The van der Waals surface area contributed by atoms with E-state index in [0.717, 1.165) is 32.4 Å². The number of aliphatic hydroxyl groups is 1. The van der Waals surface area contributed by atoms with E-state index < -0.39 is 0 Å². The van der Waals surface area contributed by atoms with Gasteiger partial charge in [0.2, 0.25) is 0 Å². The molecular weight excluding hydrogens is 190 g/mol. The summed E-state index contributed by atoms with van der Waals surface area (Å²) in [5.41, 5.74) is 0. The number of aliphatic hydroxyl groups excluding tert-OH is 1. The molecule has 0 aliphatic rings. The predicted octanol–water partition coefficient (Wildman–Crippen LogP) is 1.80. The first kappa shape index (κ1) is 14.9. The van der Waals surface area contributed by atoms with Gasteiger partial charge in [0.1, 0.15) is 0 Å². The minimum atomic E-state index is -0.133. The molecule has 92 valence electrons. The van der Waals surface area contributed by atoms with Gasteiger partial charge in [0.25, 0.3) is 0 Å². The molecule has 0 aromatic rings. The van der Waals surface area contributed by atoms with Gasteiger partial charge in [-0.1, -0.05) is 20.8 Å². The van der Waals surface area contributed by atoms with Gasteiger partial charge in [-0.3, -0.25) is 0 Å². The number of methoxy groups -OCH3 is 1. The lowest BCUT2D eigenvalue weighted by Gasteiger charge is -2.21. The molecule has 0 radical (unpaired) electrons. The van der Waals surface area contributed by atoms with Crippen LogP contribution in [0.4, 0.5) is 0 Å². The molecule has 0 aromatic carbocycles. The first-order valence-corrected chi connectivity index (χ1v) is 6.02. The maximum atomic E-state index is 9.38. The highest BCUT2D eigenvalue weighted by molar-refractivity contribution is 4.69. The third-order valence-corrected chi connectivity index (χ3v) is 2.74. The van der Waals surface area contributed by atoms with Crippen LogP contribution in [0.1, 0.15) is 40.0 Å². The summed E-state index contributed by atoms with van der Waals surface area (Å²) in [7, 11) is 1.73. The van der Waals surface area contributed by atoms with Gasteiger partial charge in [-0.05, 0) is 31.7 Å². The van der Waals surface area contributed by atoms with Crippen molar-refractivity contribution in [1.82, 2.24) is 5.32 Å². The van der Waals surface area contributed by atoms with E-state index in [4.69, 9.17) is 4.74 Å². The molecule has 2 atom stereocenters. The smallest absolute Gasteiger partial charge is 0.0618 e. The van der Waals surface area contributed by atoms with Crippen molar-refractivity contribution >= 4 is 0 Å². The minimum absolute atomic E-state index is 0.133. The van der Waals surface area contributed by atoms with Crippen LogP contribution in [0.25, 0.3) is 0 Å². The SMILES string of the molecule is CCC(O)CCCNC(COC)C(C)C. The number of ether oxygens (including phenoxy) is 1. The summed E-state index contributed by atoms with van der Waals surface area (Å²) < 4.78 is 5.15. The van der Waals surface area contributed by atoms with E-state index in [2.05, 4.69) is 19.2 Å². The largest absolute Gasteiger partial charge is 0.393 e. The first-order chi connectivity index (χ1) is 7.11. The van der Waals surface area contributed by atoms with Crippen LogP contribution in [-0.2, 0) is 4.74 Å². The monoisotopic (exact) mass is 217 g/mol. The van der Waals surface area contributed by atoms with Gasteiger partial charge in [0.15, 0.2) is 0 Å². The molecule has 0 spiro atoms. The maximum absolute atomic E-state index is 9.38. The quantitative estimate of drug-likeness (QED) is 0.579. The van der Waals surface area contributed by atoms with Crippen molar-refractivity contribution < 1.29 is 9.84 Å². The zero-order valence-corrected chi connectivity index (χ0v) is 10.6. The third-order valence-electron chi connectivity index (χ3n) is 2.74. The van der Waals surface area contributed by atoms with Crippen molar-refractivity contribution in [2.24, 2.45) is 5.92 Å². The van der Waals surface area contributed by atoms with Gasteiger partial charge >= 0.3 is 0 Å². The average Bonchev–Trinajstić information content (AvgIpc) is 2.21. The Kier molecular flexibility index (Phi) is 9.06. The molecule has 0 rings (SSSR count). The molecule has 15 heavy (non-hydrogen) atoms. The molecule has 0 aliphatic heterocycles. The summed E-state index contributed by atoms with van der Waals surface area (Å²) in [6.45, 7) is 8.12. The molecule has 0 amide bonds. The van der Waals surface area contributed by atoms with Crippen molar-refractivity contribution in [2.45, 2.75) is 52.2 Å². The van der Waals surface area contributed by atoms with E-state index in [-0.39, 0.29) is 6.10 Å². The van der Waals surface area contributed by atoms with Crippen molar-refractivity contribution in [2.75, 3.05) is 20.3 Å². The second-order valence-corrected chi connectivity index (χ2v) is 4.46. The number of hydrogen-bond donors (Lipinski definition) is 2. The van der Waals surface area contributed by atoms with Gasteiger partial charge in [0, 0.05) is 13.2 Å². The number of rotatable bonds is 9. The highest BCUT2D eigenvalue weighted by atomic mass is 16.5. The Morgan fingerprint density at radius 1 is 1.33 bits per heavy atom. The Bertz CT molecular complexity index is 140. The maximum Gasteiger partial charge on any atom is 0.0618 e. The van der Waals surface area contributed by atoms with E-state index in [9.17, 15) is 5.11 Å². The van der Waals surface area contributed by atoms with Crippen LogP contribution in [0.15, 0.2) is 0 Å². The molecule has 0 bridgehead atoms. The fourth-order valence-electron chi connectivity index (χ4n) is 1.50. The fourth-order valence-corrected chi connectivity index (χ4v) is 1.50. The van der Waals surface area contributed by atoms with Gasteiger partial charge in [-0.15, -0.1) is 0 Å². The average molecular weight is 217 g/mol. The Labute approximate surface area is 94.2 Å². The van der Waals surface area contributed by atoms with Gasteiger partial charge < -0.3 is 15.2 Å². The lowest BCUT2D eigenvalue weighted by atomic mass is 10.0. The molecule has 0 saturated heterocycles. The topological polar surface area (TPSA) is 41.5 Å². The molecule has 0 aliphatic carbocycles. The molecule has 0 aromatic heterocycles. The van der Waals surface area contributed by atoms with Crippen LogP contribution in [-0.4, -0.2) is 37.5 Å². The predicted molar refractivity (Wildman–Crippen MR) is 64.0 cm³/mol. The van der Waals surface area contributed by atoms with Crippen molar-refractivity contribution in [3.63, 3.8) is 0 Å². The number of nitrogens with one attached hydrogen (secondary N) is 1. The normalized spacial score (nSPS) is 15.6. The molecule has 3 nitrogen and oxygen atoms in total. The molecule has 0 heterocycles. The lowest BCUT2D eigenvalue weighted by Crippen LogP contribution is -2.38. The van der Waals surface area contributed by atoms with Crippen LogP contribution in [0.2, 0.25) is 0 Å². The van der Waals surface area contributed by atoms with Crippen LogP contribution < -0.4 is 5.32 Å². The first-order valence-electron chi connectivity index (χ1n) is 6.02. The lowest BCUT2D eigenvalue weighted by molar-refractivity contribution is 0.140. The fraction of sp³-hybridized carbons (Fsp3) is 1.00. The molecule has 0 fully saturated rings. The standard InChI is InChI=1S/C12H27NO2/c1-5-11(14)7-6-8-13-12(9-15-4)10(2)3/h10-14H,5-9H2,1-4H3. The Balaban J connectivity index is 3.53. The summed E-state index contributed by atoms with van der Waals surface area (Å²) in [4.78, 5) is 0. The molecule has 0 saturated carbocycles. The minimum Gasteiger partial charge on any atom is -0.393 e. The van der Waals surface area contributed by atoms with Crippen LogP contribution in [0.5, 0.6) is 0 Å². The summed E-state index contributed by atoms with van der Waals surface area (Å²) in [5, 5.41) is 12.8. The summed E-state index contributed by atoms with van der Waals surface area (Å²) >= 11 is 0. The molecule has 2 unspecified atom stereocenters. The third kappa shape index (κ3) is 7.77. The second-order valence-electron chi connectivity index (χ2n) is 4.46.